The van der Waals surface area contributed by atoms with Crippen LogP contribution in [0, 0.1) is 11.3 Å². The number of rotatable bonds is 10. The first-order valence-corrected chi connectivity index (χ1v) is 11.6. The predicted octanol–water partition coefficient (Wildman–Crippen LogP) is 3.60. The molecule has 1 aliphatic rings. The molecule has 172 valence electrons. The minimum absolute atomic E-state index is 0.127. The number of hydrogen-bond donors (Lipinski definition) is 1. The lowest BCUT2D eigenvalue weighted by atomic mass is 9.95. The van der Waals surface area contributed by atoms with Gasteiger partial charge < -0.3 is 19.5 Å². The molecule has 2 aromatic rings. The summed E-state index contributed by atoms with van der Waals surface area (Å²) in [6.45, 7) is 0.349. The van der Waals surface area contributed by atoms with E-state index in [1.165, 1.54) is 18.2 Å². The molecule has 1 fully saturated rings. The van der Waals surface area contributed by atoms with E-state index in [1.807, 2.05) is 18.2 Å². The maximum Gasteiger partial charge on any atom is 0.230 e. The highest BCUT2D eigenvalue weighted by Crippen LogP contribution is 2.42. The zero-order chi connectivity index (χ0) is 22.9. The van der Waals surface area contributed by atoms with Gasteiger partial charge in [-0.1, -0.05) is 31.0 Å². The summed E-state index contributed by atoms with van der Waals surface area (Å²) in [5, 5.41) is 21.0. The fourth-order valence-electron chi connectivity index (χ4n) is 3.89. The molecule has 10 heteroatoms. The van der Waals surface area contributed by atoms with Crippen LogP contribution in [0.1, 0.15) is 44.6 Å². The van der Waals surface area contributed by atoms with Crippen LogP contribution in [0.3, 0.4) is 0 Å². The molecule has 9 nitrogen and oxygen atoms in total. The van der Waals surface area contributed by atoms with Gasteiger partial charge in [-0.3, -0.25) is 9.36 Å². The second-order valence-electron chi connectivity index (χ2n) is 7.43. The summed E-state index contributed by atoms with van der Waals surface area (Å²) < 4.78 is 18.6. The largest absolute Gasteiger partial charge is 0.493 e. The molecule has 1 amide bonds. The molecule has 0 unspecified atom stereocenters. The summed E-state index contributed by atoms with van der Waals surface area (Å²) in [7, 11) is 4.74. The summed E-state index contributed by atoms with van der Waals surface area (Å²) >= 11 is 1.36. The monoisotopic (exact) mass is 459 g/mol. The Morgan fingerprint density at radius 2 is 1.84 bits per heavy atom. The molecule has 1 heterocycles. The molecule has 3 rings (SSSR count). The van der Waals surface area contributed by atoms with E-state index in [4.69, 9.17) is 19.5 Å². The van der Waals surface area contributed by atoms with E-state index in [0.29, 0.717) is 41.2 Å². The number of nitriles is 1. The number of aromatic nitrogens is 3. The fourth-order valence-corrected chi connectivity index (χ4v) is 4.73. The van der Waals surface area contributed by atoms with Gasteiger partial charge in [0.2, 0.25) is 11.7 Å². The Hall–Kier alpha value is -2.93. The molecule has 0 radical (unpaired) electrons. The van der Waals surface area contributed by atoms with Crippen LogP contribution in [0.5, 0.6) is 17.2 Å². The number of hydrogen-bond acceptors (Lipinski definition) is 8. The van der Waals surface area contributed by atoms with Crippen molar-refractivity contribution in [3.63, 3.8) is 0 Å². The molecule has 32 heavy (non-hydrogen) atoms. The van der Waals surface area contributed by atoms with E-state index < -0.39 is 0 Å². The van der Waals surface area contributed by atoms with Gasteiger partial charge in [0.15, 0.2) is 22.5 Å². The van der Waals surface area contributed by atoms with Crippen LogP contribution < -0.4 is 19.5 Å². The number of amides is 1. The van der Waals surface area contributed by atoms with Crippen molar-refractivity contribution in [2.75, 3.05) is 33.6 Å². The first-order chi connectivity index (χ1) is 15.6. The number of benzene rings is 1. The van der Waals surface area contributed by atoms with Gasteiger partial charge in [0, 0.05) is 18.2 Å². The van der Waals surface area contributed by atoms with E-state index in [0.717, 1.165) is 31.2 Å². The average Bonchev–Trinajstić information content (AvgIpc) is 3.26. The maximum atomic E-state index is 12.1. The highest BCUT2D eigenvalue weighted by Gasteiger charge is 2.26. The molecule has 0 aliphatic heterocycles. The van der Waals surface area contributed by atoms with Gasteiger partial charge in [0.05, 0.1) is 39.6 Å². The first kappa shape index (κ1) is 23.7. The van der Waals surface area contributed by atoms with Crippen molar-refractivity contribution in [3.8, 4) is 34.7 Å². The van der Waals surface area contributed by atoms with E-state index >= 15 is 0 Å². The minimum Gasteiger partial charge on any atom is -0.493 e. The summed E-state index contributed by atoms with van der Waals surface area (Å²) in [4.78, 5) is 12.1. The number of carbonyl (C=O) groups excluding carboxylic acids is 1. The Kier molecular flexibility index (Phi) is 8.62. The molecule has 1 saturated carbocycles. The Balaban J connectivity index is 1.94. The molecule has 1 aliphatic carbocycles. The Morgan fingerprint density at radius 3 is 2.44 bits per heavy atom. The number of carbonyl (C=O) groups is 1. The van der Waals surface area contributed by atoms with Crippen molar-refractivity contribution < 1.29 is 19.0 Å². The molecule has 1 aromatic carbocycles. The highest BCUT2D eigenvalue weighted by atomic mass is 32.2. The molecule has 0 spiro atoms. The van der Waals surface area contributed by atoms with Gasteiger partial charge in [0.25, 0.3) is 0 Å². The third kappa shape index (κ3) is 5.46. The number of thioether (sulfide) groups is 1. The van der Waals surface area contributed by atoms with Gasteiger partial charge in [0.1, 0.15) is 0 Å². The molecule has 0 saturated heterocycles. The number of ether oxygens (including phenoxy) is 3. The van der Waals surface area contributed by atoms with Gasteiger partial charge >= 0.3 is 0 Å². The van der Waals surface area contributed by atoms with E-state index in [9.17, 15) is 4.79 Å². The number of nitrogens with zero attached hydrogens (tertiary/aromatic N) is 4. The van der Waals surface area contributed by atoms with E-state index in [-0.39, 0.29) is 17.7 Å². The predicted molar refractivity (Wildman–Crippen MR) is 121 cm³/mol. The zero-order valence-corrected chi connectivity index (χ0v) is 19.5. The van der Waals surface area contributed by atoms with E-state index in [2.05, 4.69) is 20.1 Å². The Labute approximate surface area is 192 Å². The van der Waals surface area contributed by atoms with Crippen LogP contribution >= 0.6 is 11.8 Å². The summed E-state index contributed by atoms with van der Waals surface area (Å²) in [5.41, 5.74) is 0.808. The minimum atomic E-state index is -0.127. The number of methoxy groups -OCH3 is 3. The molecular weight excluding hydrogens is 430 g/mol. The Morgan fingerprint density at radius 1 is 1.16 bits per heavy atom. The van der Waals surface area contributed by atoms with Crippen LogP contribution in [0.2, 0.25) is 0 Å². The second kappa shape index (κ2) is 11.6. The Bertz CT molecular complexity index is 941. The lowest BCUT2D eigenvalue weighted by Gasteiger charge is -2.26. The first-order valence-electron chi connectivity index (χ1n) is 10.6. The van der Waals surface area contributed by atoms with Gasteiger partial charge in [-0.2, -0.15) is 5.26 Å². The van der Waals surface area contributed by atoms with Gasteiger partial charge in [-0.25, -0.2) is 0 Å². The van der Waals surface area contributed by atoms with Crippen molar-refractivity contribution in [1.82, 2.24) is 20.1 Å². The van der Waals surface area contributed by atoms with Crippen molar-refractivity contribution >= 4 is 17.7 Å². The van der Waals surface area contributed by atoms with Crippen LogP contribution in [0.15, 0.2) is 17.3 Å². The van der Waals surface area contributed by atoms with Crippen molar-refractivity contribution in [2.24, 2.45) is 0 Å². The summed E-state index contributed by atoms with van der Waals surface area (Å²) in [6, 6.07) is 6.02. The SMILES string of the molecule is COc1cc(-c2nnc(SCC(=O)NCCC#N)n2C2CCCCC2)cc(OC)c1OC. The standard InChI is InChI=1S/C22H29N5O4S/c1-29-17-12-15(13-18(30-2)20(17)31-3)21-25-26-22(27(21)16-8-5-4-6-9-16)32-14-19(28)24-11-7-10-23/h12-13,16H,4-9,11,14H2,1-3H3,(H,24,28). The lowest BCUT2D eigenvalue weighted by molar-refractivity contribution is -0.118. The van der Waals surface area contributed by atoms with Crippen LogP contribution in [0.25, 0.3) is 11.4 Å². The van der Waals surface area contributed by atoms with Crippen molar-refractivity contribution in [3.05, 3.63) is 12.1 Å². The van der Waals surface area contributed by atoms with Crippen molar-refractivity contribution in [1.29, 1.82) is 5.26 Å². The molecule has 1 aromatic heterocycles. The number of nitrogens with one attached hydrogen (secondary N) is 1. The normalized spacial score (nSPS) is 13.9. The van der Waals surface area contributed by atoms with Gasteiger partial charge in [-0.15, -0.1) is 10.2 Å². The molecule has 1 N–H and O–H groups in total. The third-order valence-corrected chi connectivity index (χ3v) is 6.36. The van der Waals surface area contributed by atoms with E-state index in [1.54, 1.807) is 21.3 Å². The van der Waals surface area contributed by atoms with Crippen molar-refractivity contribution in [2.45, 2.75) is 49.7 Å². The fraction of sp³-hybridized carbons (Fsp3) is 0.545. The third-order valence-electron chi connectivity index (χ3n) is 5.42. The smallest absolute Gasteiger partial charge is 0.230 e. The quantitative estimate of drug-likeness (QED) is 0.424. The summed E-state index contributed by atoms with van der Waals surface area (Å²) in [5.74, 6) is 2.41. The molecule has 0 bridgehead atoms. The van der Waals surface area contributed by atoms with Crippen LogP contribution in [0.4, 0.5) is 0 Å². The molecule has 0 atom stereocenters. The zero-order valence-electron chi connectivity index (χ0n) is 18.7. The van der Waals surface area contributed by atoms with Crippen LogP contribution in [-0.2, 0) is 4.79 Å². The maximum absolute atomic E-state index is 12.1. The van der Waals surface area contributed by atoms with Gasteiger partial charge in [-0.05, 0) is 25.0 Å². The molecular formula is C22H29N5O4S. The average molecular weight is 460 g/mol. The lowest BCUT2D eigenvalue weighted by Crippen LogP contribution is -2.26. The topological polar surface area (TPSA) is 111 Å². The highest BCUT2D eigenvalue weighted by molar-refractivity contribution is 7.99. The summed E-state index contributed by atoms with van der Waals surface area (Å²) in [6.07, 6.45) is 5.89. The second-order valence-corrected chi connectivity index (χ2v) is 8.37. The van der Waals surface area contributed by atoms with Crippen LogP contribution in [-0.4, -0.2) is 54.3 Å².